The summed E-state index contributed by atoms with van der Waals surface area (Å²) in [7, 11) is 0. The zero-order valence-electron chi connectivity index (χ0n) is 45.9. The van der Waals surface area contributed by atoms with Gasteiger partial charge in [-0.05, 0) is 57.8 Å². The number of aliphatic hydroxyl groups is 2. The maximum Gasteiger partial charge on any atom is 0.220 e. The first-order valence-electron chi connectivity index (χ1n) is 30.5. The van der Waals surface area contributed by atoms with E-state index >= 15 is 0 Å². The van der Waals surface area contributed by atoms with Crippen molar-refractivity contribution in [2.24, 2.45) is 0 Å². The highest BCUT2D eigenvalue weighted by molar-refractivity contribution is 5.76. The summed E-state index contributed by atoms with van der Waals surface area (Å²) in [5.74, 6) is -0.0585. The smallest absolute Gasteiger partial charge is 0.220 e. The Morgan fingerprint density at radius 1 is 0.368 bits per heavy atom. The number of unbranched alkanes of at least 4 members (excludes halogenated alkanes) is 41. The van der Waals surface area contributed by atoms with E-state index in [1.807, 2.05) is 6.08 Å². The first-order chi connectivity index (χ1) is 33.7. The number of hydrogen-bond acceptors (Lipinski definition) is 3. The average Bonchev–Trinajstić information content (AvgIpc) is 3.34. The highest BCUT2D eigenvalue weighted by atomic mass is 16.3. The fraction of sp³-hybridized carbons (Fsp3) is 0.828. The Labute approximate surface area is 426 Å². The highest BCUT2D eigenvalue weighted by Crippen LogP contribution is 2.18. The molecule has 0 aromatic carbocycles. The highest BCUT2D eigenvalue weighted by Gasteiger charge is 2.18. The molecule has 0 spiro atoms. The lowest BCUT2D eigenvalue weighted by Gasteiger charge is -2.20. The molecule has 0 fully saturated rings. The van der Waals surface area contributed by atoms with Gasteiger partial charge in [0.05, 0.1) is 18.8 Å². The van der Waals surface area contributed by atoms with Gasteiger partial charge in [0.1, 0.15) is 0 Å². The van der Waals surface area contributed by atoms with Gasteiger partial charge in [-0.2, -0.15) is 0 Å². The molecule has 0 aliphatic carbocycles. The van der Waals surface area contributed by atoms with Crippen LogP contribution in [-0.2, 0) is 4.79 Å². The molecule has 0 aliphatic rings. The van der Waals surface area contributed by atoms with Gasteiger partial charge in [-0.25, -0.2) is 0 Å². The molecule has 0 aliphatic heterocycles. The van der Waals surface area contributed by atoms with E-state index < -0.39 is 12.1 Å². The Bertz CT molecular complexity index is 1120. The van der Waals surface area contributed by atoms with Gasteiger partial charge in [0.25, 0.3) is 0 Å². The summed E-state index contributed by atoms with van der Waals surface area (Å²) in [6, 6.07) is -0.621. The molecule has 0 saturated carbocycles. The largest absolute Gasteiger partial charge is 0.394 e. The predicted molar refractivity (Wildman–Crippen MR) is 304 cm³/mol. The second-order valence-corrected chi connectivity index (χ2v) is 20.7. The van der Waals surface area contributed by atoms with Crippen LogP contribution in [0.25, 0.3) is 0 Å². The minimum absolute atomic E-state index is 0.0585. The fourth-order valence-corrected chi connectivity index (χ4v) is 9.41. The van der Waals surface area contributed by atoms with Crippen LogP contribution in [0.3, 0.4) is 0 Å². The number of amides is 1. The molecule has 3 N–H and O–H groups in total. The van der Waals surface area contributed by atoms with Crippen LogP contribution < -0.4 is 5.32 Å². The van der Waals surface area contributed by atoms with Crippen molar-refractivity contribution in [1.82, 2.24) is 5.32 Å². The maximum absolute atomic E-state index is 12.5. The number of carbonyl (C=O) groups is 1. The molecule has 0 saturated heterocycles. The summed E-state index contributed by atoms with van der Waals surface area (Å²) in [6.45, 7) is 4.22. The van der Waals surface area contributed by atoms with Crippen molar-refractivity contribution in [2.45, 2.75) is 334 Å². The Balaban J connectivity index is 3.40. The second-order valence-electron chi connectivity index (χ2n) is 20.7. The van der Waals surface area contributed by atoms with Gasteiger partial charge in [-0.15, -0.1) is 0 Å². The van der Waals surface area contributed by atoms with Crippen molar-refractivity contribution >= 4 is 5.91 Å². The molecule has 0 aromatic rings. The third-order valence-electron chi connectivity index (χ3n) is 14.0. The van der Waals surface area contributed by atoms with Gasteiger partial charge in [-0.3, -0.25) is 4.79 Å². The molecule has 1 amide bonds. The summed E-state index contributed by atoms with van der Waals surface area (Å²) in [6.07, 6.45) is 84.1. The number of carbonyl (C=O) groups excluding carboxylic acids is 1. The monoisotopic (exact) mass is 950 g/mol. The average molecular weight is 951 g/mol. The minimum Gasteiger partial charge on any atom is -0.394 e. The number of allylic oxidation sites excluding steroid dienone is 9. The maximum atomic E-state index is 12.5. The molecule has 2 atom stereocenters. The van der Waals surface area contributed by atoms with Gasteiger partial charge in [-0.1, -0.05) is 319 Å². The van der Waals surface area contributed by atoms with Gasteiger partial charge in [0, 0.05) is 6.42 Å². The SMILES string of the molecule is CC/C=C\C/C=C\C/C=C\C/C=C\CCCCCCCCCCCCCCCCCCCCCCCCCCCCC(=O)NC(CO)C(O)/C=C/CCCCCCCCCCCCCCCCC. The predicted octanol–water partition coefficient (Wildman–Crippen LogP) is 20.4. The van der Waals surface area contributed by atoms with Gasteiger partial charge < -0.3 is 15.5 Å². The van der Waals surface area contributed by atoms with E-state index in [1.54, 1.807) is 6.08 Å². The van der Waals surface area contributed by atoms with Gasteiger partial charge in [0.2, 0.25) is 5.91 Å². The zero-order chi connectivity index (χ0) is 49.2. The van der Waals surface area contributed by atoms with Crippen molar-refractivity contribution in [2.75, 3.05) is 6.61 Å². The van der Waals surface area contributed by atoms with Crippen LogP contribution in [0.1, 0.15) is 322 Å². The van der Waals surface area contributed by atoms with E-state index in [1.165, 1.54) is 250 Å². The molecule has 2 unspecified atom stereocenters. The topological polar surface area (TPSA) is 69.6 Å². The lowest BCUT2D eigenvalue weighted by atomic mass is 10.0. The Morgan fingerprint density at radius 3 is 0.971 bits per heavy atom. The number of rotatable bonds is 56. The van der Waals surface area contributed by atoms with E-state index in [0.717, 1.165) is 51.4 Å². The lowest BCUT2D eigenvalue weighted by Crippen LogP contribution is -2.45. The van der Waals surface area contributed by atoms with E-state index in [4.69, 9.17) is 0 Å². The Hall–Kier alpha value is -1.91. The molecule has 0 radical (unpaired) electrons. The van der Waals surface area contributed by atoms with Crippen LogP contribution in [0.15, 0.2) is 60.8 Å². The molecule has 0 aromatic heterocycles. The minimum atomic E-state index is -0.838. The summed E-state index contributed by atoms with van der Waals surface area (Å²) in [4.78, 5) is 12.5. The summed E-state index contributed by atoms with van der Waals surface area (Å²) >= 11 is 0. The second kappa shape index (κ2) is 59.4. The van der Waals surface area contributed by atoms with Crippen molar-refractivity contribution in [3.05, 3.63) is 60.8 Å². The molecule has 4 nitrogen and oxygen atoms in total. The van der Waals surface area contributed by atoms with Gasteiger partial charge >= 0.3 is 0 Å². The van der Waals surface area contributed by atoms with Crippen LogP contribution in [0.2, 0.25) is 0 Å². The number of nitrogens with one attached hydrogen (secondary N) is 1. The molecule has 0 heterocycles. The molecule has 68 heavy (non-hydrogen) atoms. The van der Waals surface area contributed by atoms with E-state index in [9.17, 15) is 15.0 Å². The third-order valence-corrected chi connectivity index (χ3v) is 14.0. The van der Waals surface area contributed by atoms with E-state index in [0.29, 0.717) is 6.42 Å². The van der Waals surface area contributed by atoms with Crippen molar-refractivity contribution < 1.29 is 15.0 Å². The molecule has 4 heteroatoms. The third kappa shape index (κ3) is 55.0. The first-order valence-corrected chi connectivity index (χ1v) is 30.5. The lowest BCUT2D eigenvalue weighted by molar-refractivity contribution is -0.123. The zero-order valence-corrected chi connectivity index (χ0v) is 45.9. The van der Waals surface area contributed by atoms with Crippen LogP contribution >= 0.6 is 0 Å². The standard InChI is InChI=1S/C64H119NO3/c1-3-5-7-9-11-13-15-17-19-21-22-23-24-25-26-27-28-29-30-31-32-33-34-35-36-37-38-39-40-41-42-44-46-48-50-52-54-56-58-60-64(68)65-62(61-66)63(67)59-57-55-53-51-49-47-45-43-20-18-16-14-12-10-8-6-4-2/h5,7,11,13,17,19,22-23,57,59,62-63,66-67H,3-4,6,8-10,12,14-16,18,20-21,24-56,58,60-61H2,1-2H3,(H,65,68)/b7-5-,13-11-,19-17-,23-22-,59-57+. The summed E-state index contributed by atoms with van der Waals surface area (Å²) < 4.78 is 0. The normalized spacial score (nSPS) is 13.2. The van der Waals surface area contributed by atoms with Crippen molar-refractivity contribution in [3.63, 3.8) is 0 Å². The van der Waals surface area contributed by atoms with Gasteiger partial charge in [0.15, 0.2) is 0 Å². The Morgan fingerprint density at radius 2 is 0.647 bits per heavy atom. The number of aliphatic hydroxyl groups excluding tert-OH is 2. The molecule has 0 bridgehead atoms. The van der Waals surface area contributed by atoms with Crippen molar-refractivity contribution in [3.8, 4) is 0 Å². The van der Waals surface area contributed by atoms with E-state index in [-0.39, 0.29) is 12.5 Å². The molecule has 0 rings (SSSR count). The number of hydrogen-bond donors (Lipinski definition) is 3. The Kier molecular flexibility index (Phi) is 57.7. The van der Waals surface area contributed by atoms with Crippen LogP contribution in [-0.4, -0.2) is 34.9 Å². The first kappa shape index (κ1) is 66.1. The quantitative estimate of drug-likeness (QED) is 0.0420. The molecular formula is C64H119NO3. The van der Waals surface area contributed by atoms with E-state index in [2.05, 4.69) is 67.8 Å². The van der Waals surface area contributed by atoms with Crippen LogP contribution in [0, 0.1) is 0 Å². The summed E-state index contributed by atoms with van der Waals surface area (Å²) in [5, 5.41) is 23.2. The fourth-order valence-electron chi connectivity index (χ4n) is 9.41. The summed E-state index contributed by atoms with van der Waals surface area (Å²) in [5.41, 5.74) is 0. The van der Waals surface area contributed by atoms with Crippen LogP contribution in [0.4, 0.5) is 0 Å². The van der Waals surface area contributed by atoms with Crippen molar-refractivity contribution in [1.29, 1.82) is 0 Å². The molecule has 398 valence electrons. The van der Waals surface area contributed by atoms with Crippen LogP contribution in [0.5, 0.6) is 0 Å². The molecular weight excluding hydrogens is 831 g/mol.